The van der Waals surface area contributed by atoms with Crippen molar-refractivity contribution < 1.29 is 15.0 Å². The molecule has 0 aliphatic rings. The first-order chi connectivity index (χ1) is 9.58. The van der Waals surface area contributed by atoms with Gasteiger partial charge in [0.05, 0.1) is 16.6 Å². The summed E-state index contributed by atoms with van der Waals surface area (Å²) in [6, 6.07) is 8.08. The summed E-state index contributed by atoms with van der Waals surface area (Å²) in [4.78, 5) is 15.7. The number of fused-ring (bicyclic) bond motifs is 1. The van der Waals surface area contributed by atoms with Crippen molar-refractivity contribution in [2.45, 2.75) is 6.92 Å². The van der Waals surface area contributed by atoms with Crippen LogP contribution in [0.25, 0.3) is 22.3 Å². The van der Waals surface area contributed by atoms with Crippen LogP contribution in [-0.2, 0) is 0 Å². The zero-order chi connectivity index (χ0) is 14.3. The first-order valence-electron chi connectivity index (χ1n) is 5.95. The molecule has 3 rings (SSSR count). The Morgan fingerprint density at radius 3 is 2.75 bits per heavy atom. The van der Waals surface area contributed by atoms with Gasteiger partial charge in [-0.2, -0.15) is 5.10 Å². The van der Waals surface area contributed by atoms with Gasteiger partial charge in [-0.1, -0.05) is 12.1 Å². The zero-order valence-corrected chi connectivity index (χ0v) is 10.6. The van der Waals surface area contributed by atoms with E-state index in [0.29, 0.717) is 28.0 Å². The van der Waals surface area contributed by atoms with Gasteiger partial charge in [0, 0.05) is 11.3 Å². The van der Waals surface area contributed by atoms with Crippen molar-refractivity contribution in [2.75, 3.05) is 0 Å². The topological polar surface area (TPSA) is 99.1 Å². The van der Waals surface area contributed by atoms with Crippen LogP contribution in [0.15, 0.2) is 30.3 Å². The van der Waals surface area contributed by atoms with Gasteiger partial charge in [-0.05, 0) is 25.1 Å². The Labute approximate surface area is 113 Å². The number of hydrogen-bond donors (Lipinski definition) is 3. The number of benzene rings is 1. The highest BCUT2D eigenvalue weighted by molar-refractivity contribution is 6.04. The van der Waals surface area contributed by atoms with E-state index < -0.39 is 5.97 Å². The number of carboxylic acid groups (broad SMARTS) is 1. The van der Waals surface area contributed by atoms with Gasteiger partial charge < -0.3 is 10.2 Å². The highest BCUT2D eigenvalue weighted by Gasteiger charge is 2.17. The van der Waals surface area contributed by atoms with E-state index >= 15 is 0 Å². The number of nitrogens with zero attached hydrogens (tertiary/aromatic N) is 2. The number of aromatic nitrogens is 3. The van der Waals surface area contributed by atoms with E-state index in [1.807, 2.05) is 0 Å². The van der Waals surface area contributed by atoms with E-state index in [4.69, 9.17) is 0 Å². The van der Waals surface area contributed by atoms with Crippen LogP contribution in [0, 0.1) is 6.92 Å². The molecule has 2 heterocycles. The number of H-pyrrole nitrogens is 1. The first kappa shape index (κ1) is 12.2. The Morgan fingerprint density at radius 1 is 1.30 bits per heavy atom. The number of aromatic carboxylic acids is 1. The van der Waals surface area contributed by atoms with Crippen LogP contribution in [0.5, 0.6) is 5.75 Å². The molecular formula is C14H11N3O3. The Bertz CT molecular complexity index is 824. The molecule has 2 aromatic heterocycles. The fourth-order valence-electron chi connectivity index (χ4n) is 2.17. The van der Waals surface area contributed by atoms with Crippen LogP contribution >= 0.6 is 0 Å². The molecule has 0 saturated carbocycles. The maximum atomic E-state index is 11.4. The van der Waals surface area contributed by atoms with Gasteiger partial charge in [0.1, 0.15) is 5.75 Å². The van der Waals surface area contributed by atoms with Crippen molar-refractivity contribution in [3.05, 3.63) is 41.6 Å². The predicted octanol–water partition coefficient (Wildman–Crippen LogP) is 2.34. The van der Waals surface area contributed by atoms with E-state index in [9.17, 15) is 15.0 Å². The molecule has 3 aromatic rings. The van der Waals surface area contributed by atoms with E-state index in [2.05, 4.69) is 15.2 Å². The molecule has 3 N–H and O–H groups in total. The molecule has 0 amide bonds. The van der Waals surface area contributed by atoms with Gasteiger partial charge in [0.2, 0.25) is 0 Å². The van der Waals surface area contributed by atoms with Crippen LogP contribution in [0.1, 0.15) is 16.1 Å². The number of nitrogens with one attached hydrogen (secondary N) is 1. The van der Waals surface area contributed by atoms with Crippen LogP contribution in [0.3, 0.4) is 0 Å². The maximum Gasteiger partial charge on any atom is 0.336 e. The van der Waals surface area contributed by atoms with E-state index in [1.54, 1.807) is 25.1 Å². The molecule has 0 aliphatic heterocycles. The van der Waals surface area contributed by atoms with Crippen molar-refractivity contribution in [3.63, 3.8) is 0 Å². The fraction of sp³-hybridized carbons (Fsp3) is 0.0714. The summed E-state index contributed by atoms with van der Waals surface area (Å²) in [7, 11) is 0. The minimum Gasteiger partial charge on any atom is -0.507 e. The second kappa shape index (κ2) is 4.34. The lowest BCUT2D eigenvalue weighted by atomic mass is 10.1. The van der Waals surface area contributed by atoms with E-state index in [1.165, 1.54) is 12.1 Å². The summed E-state index contributed by atoms with van der Waals surface area (Å²) in [5.74, 6) is -1.01. The molecule has 0 radical (unpaired) electrons. The third kappa shape index (κ3) is 1.78. The fourth-order valence-corrected chi connectivity index (χ4v) is 2.17. The smallest absolute Gasteiger partial charge is 0.336 e. The molecule has 0 unspecified atom stereocenters. The van der Waals surface area contributed by atoms with Crippen LogP contribution in [0.2, 0.25) is 0 Å². The van der Waals surface area contributed by atoms with Crippen molar-refractivity contribution >= 4 is 17.0 Å². The molecule has 6 nitrogen and oxygen atoms in total. The molecule has 0 fully saturated rings. The van der Waals surface area contributed by atoms with E-state index in [-0.39, 0.29) is 11.3 Å². The average Bonchev–Trinajstić information content (AvgIpc) is 2.80. The number of phenolic OH excluding ortho intramolecular Hbond substituents is 1. The molecule has 0 atom stereocenters. The Hall–Kier alpha value is -2.89. The molecule has 0 spiro atoms. The second-order valence-corrected chi connectivity index (χ2v) is 4.42. The summed E-state index contributed by atoms with van der Waals surface area (Å²) >= 11 is 0. The standard InChI is InChI=1S/C14H11N3O3/c1-7-12-9(14(19)20)6-10(15-13(12)17-16-7)8-4-2-3-5-11(8)18/h2-6,18H,1H3,(H,19,20)(H,15,16,17). The predicted molar refractivity (Wildman–Crippen MR) is 72.7 cm³/mol. The number of carbonyl (C=O) groups is 1. The monoisotopic (exact) mass is 269 g/mol. The summed E-state index contributed by atoms with van der Waals surface area (Å²) in [5, 5.41) is 26.4. The van der Waals surface area contributed by atoms with Crippen LogP contribution in [-0.4, -0.2) is 31.4 Å². The molecule has 0 bridgehead atoms. The first-order valence-corrected chi connectivity index (χ1v) is 5.95. The number of aromatic hydroxyl groups is 1. The van der Waals surface area contributed by atoms with Crippen molar-refractivity contribution in [1.29, 1.82) is 0 Å². The Morgan fingerprint density at radius 2 is 2.05 bits per heavy atom. The Balaban J connectivity index is 2.34. The number of aromatic amines is 1. The molecule has 100 valence electrons. The lowest BCUT2D eigenvalue weighted by Crippen LogP contribution is -2.00. The minimum atomic E-state index is -1.06. The normalized spacial score (nSPS) is 10.8. The van der Waals surface area contributed by atoms with Gasteiger partial charge in [-0.3, -0.25) is 5.10 Å². The quantitative estimate of drug-likeness (QED) is 0.663. The number of pyridine rings is 1. The average molecular weight is 269 g/mol. The summed E-state index contributed by atoms with van der Waals surface area (Å²) in [6.07, 6.45) is 0. The summed E-state index contributed by atoms with van der Waals surface area (Å²) < 4.78 is 0. The molecule has 0 aliphatic carbocycles. The van der Waals surface area contributed by atoms with Gasteiger partial charge in [-0.15, -0.1) is 0 Å². The van der Waals surface area contributed by atoms with Crippen LogP contribution < -0.4 is 0 Å². The SMILES string of the molecule is Cc1[nH]nc2nc(-c3ccccc3O)cc(C(=O)O)c12. The highest BCUT2D eigenvalue weighted by Crippen LogP contribution is 2.30. The van der Waals surface area contributed by atoms with Gasteiger partial charge in [0.25, 0.3) is 0 Å². The molecule has 6 heteroatoms. The number of carboxylic acids is 1. The van der Waals surface area contributed by atoms with Gasteiger partial charge in [0.15, 0.2) is 5.65 Å². The lowest BCUT2D eigenvalue weighted by Gasteiger charge is -2.06. The number of hydrogen-bond acceptors (Lipinski definition) is 4. The van der Waals surface area contributed by atoms with E-state index in [0.717, 1.165) is 0 Å². The minimum absolute atomic E-state index is 0.0444. The Kier molecular flexibility index (Phi) is 2.64. The molecule has 0 saturated heterocycles. The lowest BCUT2D eigenvalue weighted by molar-refractivity contribution is 0.0699. The molecular weight excluding hydrogens is 258 g/mol. The van der Waals surface area contributed by atoms with Crippen molar-refractivity contribution in [1.82, 2.24) is 15.2 Å². The summed E-state index contributed by atoms with van der Waals surface area (Å²) in [5.41, 5.74) is 1.92. The van der Waals surface area contributed by atoms with Crippen molar-refractivity contribution in [3.8, 4) is 17.0 Å². The third-order valence-corrected chi connectivity index (χ3v) is 3.12. The van der Waals surface area contributed by atoms with Crippen LogP contribution in [0.4, 0.5) is 0 Å². The third-order valence-electron chi connectivity index (χ3n) is 3.12. The molecule has 1 aromatic carbocycles. The number of para-hydroxylation sites is 1. The van der Waals surface area contributed by atoms with Crippen molar-refractivity contribution in [2.24, 2.45) is 0 Å². The zero-order valence-electron chi connectivity index (χ0n) is 10.6. The number of aryl methyl sites for hydroxylation is 1. The second-order valence-electron chi connectivity index (χ2n) is 4.42. The molecule has 20 heavy (non-hydrogen) atoms. The summed E-state index contributed by atoms with van der Waals surface area (Å²) in [6.45, 7) is 1.74. The number of rotatable bonds is 2. The number of phenols is 1. The largest absolute Gasteiger partial charge is 0.507 e. The maximum absolute atomic E-state index is 11.4. The highest BCUT2D eigenvalue weighted by atomic mass is 16.4. The van der Waals surface area contributed by atoms with Gasteiger partial charge >= 0.3 is 5.97 Å². The van der Waals surface area contributed by atoms with Gasteiger partial charge in [-0.25, -0.2) is 9.78 Å².